The van der Waals surface area contributed by atoms with E-state index >= 15 is 0 Å². The van der Waals surface area contributed by atoms with Crippen molar-refractivity contribution in [3.8, 4) is 0 Å². The first kappa shape index (κ1) is 12.8. The molecule has 0 bridgehead atoms. The Morgan fingerprint density at radius 2 is 2.12 bits per heavy atom. The van der Waals surface area contributed by atoms with Crippen LogP contribution in [-0.2, 0) is 9.53 Å². The minimum absolute atomic E-state index is 0.291. The Bertz CT molecular complexity index is 262. The molecule has 2 aliphatic rings. The second kappa shape index (κ2) is 5.83. The standard InChI is InChI=1S/C13H24N2O2/c1-10(2)15-8-11(7-13(15)16)9-17-12-3-5-14-6-4-12/h10-12,14H,3-9H2,1-2H3/t11-/m0/s1. The van der Waals surface area contributed by atoms with Gasteiger partial charge in [0.25, 0.3) is 0 Å². The zero-order valence-corrected chi connectivity index (χ0v) is 10.9. The van der Waals surface area contributed by atoms with E-state index in [9.17, 15) is 4.79 Å². The van der Waals surface area contributed by atoms with Gasteiger partial charge < -0.3 is 15.0 Å². The van der Waals surface area contributed by atoms with Crippen molar-refractivity contribution in [1.29, 1.82) is 0 Å². The molecule has 0 radical (unpaired) electrons. The van der Waals surface area contributed by atoms with Gasteiger partial charge in [-0.25, -0.2) is 0 Å². The maximum Gasteiger partial charge on any atom is 0.223 e. The van der Waals surface area contributed by atoms with Crippen LogP contribution < -0.4 is 5.32 Å². The van der Waals surface area contributed by atoms with E-state index in [1.165, 1.54) is 0 Å². The van der Waals surface area contributed by atoms with Gasteiger partial charge in [-0.1, -0.05) is 0 Å². The molecule has 0 aliphatic carbocycles. The first-order valence-corrected chi connectivity index (χ1v) is 6.78. The lowest BCUT2D eigenvalue weighted by Gasteiger charge is -2.25. The van der Waals surface area contributed by atoms with Crippen LogP contribution in [0.2, 0.25) is 0 Å². The molecule has 0 aromatic heterocycles. The third-order valence-corrected chi connectivity index (χ3v) is 3.72. The number of likely N-dealkylation sites (tertiary alicyclic amines) is 1. The smallest absolute Gasteiger partial charge is 0.223 e. The molecule has 0 aromatic carbocycles. The Morgan fingerprint density at radius 1 is 1.41 bits per heavy atom. The molecule has 0 saturated carbocycles. The van der Waals surface area contributed by atoms with Crippen molar-refractivity contribution >= 4 is 5.91 Å². The molecule has 2 rings (SSSR count). The van der Waals surface area contributed by atoms with Crippen LogP contribution in [0.1, 0.15) is 33.1 Å². The number of piperidine rings is 1. The third kappa shape index (κ3) is 3.42. The second-order valence-corrected chi connectivity index (χ2v) is 5.49. The Balaban J connectivity index is 1.71. The number of nitrogens with one attached hydrogen (secondary N) is 1. The van der Waals surface area contributed by atoms with Crippen molar-refractivity contribution < 1.29 is 9.53 Å². The Kier molecular flexibility index (Phi) is 4.40. The molecule has 1 N–H and O–H groups in total. The molecule has 1 atom stereocenters. The Labute approximate surface area is 104 Å². The largest absolute Gasteiger partial charge is 0.378 e. The topological polar surface area (TPSA) is 41.6 Å². The summed E-state index contributed by atoms with van der Waals surface area (Å²) in [5.41, 5.74) is 0. The molecule has 1 amide bonds. The summed E-state index contributed by atoms with van der Waals surface area (Å²) in [6, 6.07) is 0.325. The van der Waals surface area contributed by atoms with Gasteiger partial charge in [0.1, 0.15) is 0 Å². The summed E-state index contributed by atoms with van der Waals surface area (Å²) in [5.74, 6) is 0.693. The molecular formula is C13H24N2O2. The van der Waals surface area contributed by atoms with E-state index in [4.69, 9.17) is 4.74 Å². The SMILES string of the molecule is CC(C)N1C[C@@H](COC2CCNCC2)CC1=O. The highest BCUT2D eigenvalue weighted by atomic mass is 16.5. The van der Waals surface area contributed by atoms with E-state index in [-0.39, 0.29) is 0 Å². The van der Waals surface area contributed by atoms with Crippen LogP contribution in [0.25, 0.3) is 0 Å². The van der Waals surface area contributed by atoms with Gasteiger partial charge in [0, 0.05) is 24.9 Å². The van der Waals surface area contributed by atoms with E-state index < -0.39 is 0 Å². The molecule has 2 aliphatic heterocycles. The van der Waals surface area contributed by atoms with Crippen molar-refractivity contribution in [2.45, 2.75) is 45.3 Å². The molecule has 0 unspecified atom stereocenters. The summed E-state index contributed by atoms with van der Waals surface area (Å²) in [5, 5.41) is 3.33. The molecule has 2 fully saturated rings. The lowest BCUT2D eigenvalue weighted by molar-refractivity contribution is -0.129. The number of nitrogens with zero attached hydrogens (tertiary/aromatic N) is 1. The highest BCUT2D eigenvalue weighted by Crippen LogP contribution is 2.21. The maximum atomic E-state index is 11.7. The summed E-state index contributed by atoms with van der Waals surface area (Å²) in [6.45, 7) is 7.90. The quantitative estimate of drug-likeness (QED) is 0.797. The van der Waals surface area contributed by atoms with Gasteiger partial charge in [-0.2, -0.15) is 0 Å². The van der Waals surface area contributed by atoms with E-state index in [0.29, 0.717) is 30.4 Å². The van der Waals surface area contributed by atoms with Crippen molar-refractivity contribution in [2.75, 3.05) is 26.2 Å². The van der Waals surface area contributed by atoms with E-state index in [1.807, 2.05) is 4.90 Å². The van der Waals surface area contributed by atoms with Crippen LogP contribution in [0, 0.1) is 5.92 Å². The molecule has 98 valence electrons. The average molecular weight is 240 g/mol. The normalized spacial score (nSPS) is 27.1. The molecule has 17 heavy (non-hydrogen) atoms. The lowest BCUT2D eigenvalue weighted by Crippen LogP contribution is -2.34. The molecule has 4 nitrogen and oxygen atoms in total. The number of carbonyl (C=O) groups excluding carboxylic acids is 1. The summed E-state index contributed by atoms with van der Waals surface area (Å²) < 4.78 is 5.92. The number of ether oxygens (including phenoxy) is 1. The molecular weight excluding hydrogens is 216 g/mol. The highest BCUT2D eigenvalue weighted by Gasteiger charge is 2.31. The van der Waals surface area contributed by atoms with Crippen LogP contribution in [-0.4, -0.2) is 49.2 Å². The minimum atomic E-state index is 0.291. The zero-order valence-electron chi connectivity index (χ0n) is 10.9. The Morgan fingerprint density at radius 3 is 2.71 bits per heavy atom. The average Bonchev–Trinajstić information content (AvgIpc) is 2.69. The van der Waals surface area contributed by atoms with Crippen LogP contribution in [0.4, 0.5) is 0 Å². The fourth-order valence-corrected chi connectivity index (χ4v) is 2.65. The van der Waals surface area contributed by atoms with Crippen molar-refractivity contribution in [3.05, 3.63) is 0 Å². The molecule has 2 heterocycles. The van der Waals surface area contributed by atoms with Gasteiger partial charge in [-0.3, -0.25) is 4.79 Å². The fourth-order valence-electron chi connectivity index (χ4n) is 2.65. The van der Waals surface area contributed by atoms with Crippen molar-refractivity contribution in [3.63, 3.8) is 0 Å². The summed E-state index contributed by atoms with van der Waals surface area (Å²) in [6.07, 6.45) is 3.28. The van der Waals surface area contributed by atoms with Gasteiger partial charge in [-0.15, -0.1) is 0 Å². The monoisotopic (exact) mass is 240 g/mol. The van der Waals surface area contributed by atoms with E-state index in [1.54, 1.807) is 0 Å². The van der Waals surface area contributed by atoms with Gasteiger partial charge in [0.2, 0.25) is 5.91 Å². The number of rotatable bonds is 4. The summed E-state index contributed by atoms with van der Waals surface area (Å²) in [4.78, 5) is 13.7. The first-order chi connectivity index (χ1) is 8.16. The Hall–Kier alpha value is -0.610. The van der Waals surface area contributed by atoms with Crippen molar-refractivity contribution in [2.24, 2.45) is 5.92 Å². The first-order valence-electron chi connectivity index (χ1n) is 6.78. The molecule has 2 saturated heterocycles. The van der Waals surface area contributed by atoms with Crippen LogP contribution in [0.5, 0.6) is 0 Å². The number of carbonyl (C=O) groups is 1. The maximum absolute atomic E-state index is 11.7. The summed E-state index contributed by atoms with van der Waals surface area (Å²) in [7, 11) is 0. The molecule has 4 heteroatoms. The number of hydrogen-bond acceptors (Lipinski definition) is 3. The lowest BCUT2D eigenvalue weighted by atomic mass is 10.1. The van der Waals surface area contributed by atoms with Gasteiger partial charge >= 0.3 is 0 Å². The highest BCUT2D eigenvalue weighted by molar-refractivity contribution is 5.78. The van der Waals surface area contributed by atoms with E-state index in [0.717, 1.165) is 39.1 Å². The van der Waals surface area contributed by atoms with Crippen LogP contribution in [0.15, 0.2) is 0 Å². The predicted molar refractivity (Wildman–Crippen MR) is 66.8 cm³/mol. The number of hydrogen-bond donors (Lipinski definition) is 1. The van der Waals surface area contributed by atoms with Gasteiger partial charge in [0.05, 0.1) is 12.7 Å². The predicted octanol–water partition coefficient (Wildman–Crippen LogP) is 1.01. The summed E-state index contributed by atoms with van der Waals surface area (Å²) >= 11 is 0. The van der Waals surface area contributed by atoms with Gasteiger partial charge in [0.15, 0.2) is 0 Å². The van der Waals surface area contributed by atoms with Crippen LogP contribution in [0.3, 0.4) is 0 Å². The van der Waals surface area contributed by atoms with Crippen LogP contribution >= 0.6 is 0 Å². The third-order valence-electron chi connectivity index (χ3n) is 3.72. The molecule has 0 aromatic rings. The zero-order chi connectivity index (χ0) is 12.3. The van der Waals surface area contributed by atoms with E-state index in [2.05, 4.69) is 19.2 Å². The number of amides is 1. The fraction of sp³-hybridized carbons (Fsp3) is 0.923. The van der Waals surface area contributed by atoms with Gasteiger partial charge in [-0.05, 0) is 39.8 Å². The van der Waals surface area contributed by atoms with Crippen molar-refractivity contribution in [1.82, 2.24) is 10.2 Å². The second-order valence-electron chi connectivity index (χ2n) is 5.49. The minimum Gasteiger partial charge on any atom is -0.378 e. The molecule has 0 spiro atoms.